The lowest BCUT2D eigenvalue weighted by Gasteiger charge is -2.38. The quantitative estimate of drug-likeness (QED) is 0.798. The van der Waals surface area contributed by atoms with Crippen LogP contribution in [0.25, 0.3) is 0 Å². The second kappa shape index (κ2) is 8.55. The van der Waals surface area contributed by atoms with Crippen LogP contribution < -0.4 is 5.32 Å². The molecular weight excluding hydrogens is 309 g/mol. The lowest BCUT2D eigenvalue weighted by Crippen LogP contribution is -2.52. The topological polar surface area (TPSA) is 55.8 Å². The molecule has 6 heteroatoms. The van der Waals surface area contributed by atoms with Crippen molar-refractivity contribution in [2.75, 3.05) is 44.6 Å². The van der Waals surface area contributed by atoms with Gasteiger partial charge in [0.1, 0.15) is 5.82 Å². The van der Waals surface area contributed by atoms with Crippen LogP contribution in [0.4, 0.5) is 10.1 Å². The van der Waals surface area contributed by atoms with E-state index >= 15 is 0 Å². The van der Waals surface area contributed by atoms with Crippen molar-refractivity contribution in [2.45, 2.75) is 32.3 Å². The molecular formula is C18H28FN3O2. The Morgan fingerprint density at radius 1 is 1.12 bits per heavy atom. The van der Waals surface area contributed by atoms with Crippen LogP contribution in [0.3, 0.4) is 0 Å². The van der Waals surface area contributed by atoms with Gasteiger partial charge in [0.2, 0.25) is 5.91 Å². The lowest BCUT2D eigenvalue weighted by atomic mass is 9.96. The molecule has 1 aliphatic heterocycles. The summed E-state index contributed by atoms with van der Waals surface area (Å²) in [4.78, 5) is 16.4. The van der Waals surface area contributed by atoms with E-state index in [0.29, 0.717) is 18.8 Å². The van der Waals surface area contributed by atoms with Gasteiger partial charge in [-0.3, -0.25) is 14.6 Å². The monoisotopic (exact) mass is 337 g/mol. The minimum atomic E-state index is -0.609. The van der Waals surface area contributed by atoms with E-state index in [4.69, 9.17) is 0 Å². The maximum Gasteiger partial charge on any atom is 0.238 e. The zero-order valence-electron chi connectivity index (χ0n) is 14.6. The molecule has 0 saturated carbocycles. The van der Waals surface area contributed by atoms with Gasteiger partial charge in [0, 0.05) is 38.4 Å². The third-order valence-electron chi connectivity index (χ3n) is 4.79. The molecule has 5 nitrogen and oxygen atoms in total. The maximum absolute atomic E-state index is 12.9. The number of nitrogens with one attached hydrogen (secondary N) is 1. The number of nitrogens with zero attached hydrogens (tertiary/aromatic N) is 2. The molecule has 1 saturated heterocycles. The summed E-state index contributed by atoms with van der Waals surface area (Å²) in [7, 11) is 0. The highest BCUT2D eigenvalue weighted by Crippen LogP contribution is 2.17. The second-order valence-electron chi connectivity index (χ2n) is 6.54. The summed E-state index contributed by atoms with van der Waals surface area (Å²) in [5, 5.41) is 13.2. The molecule has 1 amide bonds. The van der Waals surface area contributed by atoms with Crippen molar-refractivity contribution < 1.29 is 14.3 Å². The molecule has 0 atom stereocenters. The van der Waals surface area contributed by atoms with Gasteiger partial charge in [-0.1, -0.05) is 13.8 Å². The van der Waals surface area contributed by atoms with Crippen molar-refractivity contribution in [3.8, 4) is 0 Å². The first kappa shape index (κ1) is 18.8. The molecule has 0 bridgehead atoms. The predicted molar refractivity (Wildman–Crippen MR) is 93.4 cm³/mol. The molecule has 0 unspecified atom stereocenters. The number of β-amino-alcohol motifs (C(OH)–C–C–N with tert-alkyl or cyclic N) is 1. The Labute approximate surface area is 143 Å². The predicted octanol–water partition coefficient (Wildman–Crippen LogP) is 1.93. The number of anilines is 1. The summed E-state index contributed by atoms with van der Waals surface area (Å²) < 4.78 is 12.9. The van der Waals surface area contributed by atoms with Crippen LogP contribution in [-0.4, -0.2) is 65.7 Å². The molecule has 1 aromatic carbocycles. The average molecular weight is 337 g/mol. The summed E-state index contributed by atoms with van der Waals surface area (Å²) in [5.74, 6) is -0.406. The smallest absolute Gasteiger partial charge is 0.238 e. The van der Waals surface area contributed by atoms with Crippen molar-refractivity contribution in [1.82, 2.24) is 9.80 Å². The van der Waals surface area contributed by atoms with Crippen molar-refractivity contribution in [2.24, 2.45) is 0 Å². The first-order valence-corrected chi connectivity index (χ1v) is 8.66. The molecule has 1 heterocycles. The average Bonchev–Trinajstić information content (AvgIpc) is 2.58. The lowest BCUT2D eigenvalue weighted by molar-refractivity contribution is -0.117. The normalized spacial score (nSPS) is 17.0. The van der Waals surface area contributed by atoms with Gasteiger partial charge < -0.3 is 10.4 Å². The number of piperazine rings is 1. The molecule has 134 valence electrons. The molecule has 0 spiro atoms. The van der Waals surface area contributed by atoms with E-state index < -0.39 is 5.60 Å². The Morgan fingerprint density at radius 3 is 2.21 bits per heavy atom. The summed E-state index contributed by atoms with van der Waals surface area (Å²) in [5.41, 5.74) is -0.00160. The van der Waals surface area contributed by atoms with E-state index in [2.05, 4.69) is 15.1 Å². The highest BCUT2D eigenvalue weighted by molar-refractivity contribution is 5.92. The van der Waals surface area contributed by atoms with Crippen LogP contribution in [0.15, 0.2) is 24.3 Å². The van der Waals surface area contributed by atoms with Crippen LogP contribution in [0.2, 0.25) is 0 Å². The third kappa shape index (κ3) is 5.54. The van der Waals surface area contributed by atoms with Gasteiger partial charge in [-0.15, -0.1) is 0 Å². The van der Waals surface area contributed by atoms with Crippen LogP contribution >= 0.6 is 0 Å². The van der Waals surface area contributed by atoms with Crippen molar-refractivity contribution >= 4 is 11.6 Å². The number of amides is 1. The molecule has 2 rings (SSSR count). The van der Waals surface area contributed by atoms with Crippen molar-refractivity contribution in [1.29, 1.82) is 0 Å². The second-order valence-corrected chi connectivity index (χ2v) is 6.54. The number of hydrogen-bond donors (Lipinski definition) is 2. The van der Waals surface area contributed by atoms with E-state index in [9.17, 15) is 14.3 Å². The Balaban J connectivity index is 1.74. The van der Waals surface area contributed by atoms with E-state index in [0.717, 1.165) is 39.0 Å². The van der Waals surface area contributed by atoms with Gasteiger partial charge in [0.15, 0.2) is 0 Å². The van der Waals surface area contributed by atoms with Gasteiger partial charge in [0.05, 0.1) is 12.1 Å². The van der Waals surface area contributed by atoms with Crippen LogP contribution in [0, 0.1) is 5.82 Å². The Kier molecular flexibility index (Phi) is 6.71. The summed E-state index contributed by atoms with van der Waals surface area (Å²) in [6.45, 7) is 8.37. The fourth-order valence-electron chi connectivity index (χ4n) is 2.93. The Bertz CT molecular complexity index is 524. The molecule has 0 aromatic heterocycles. The van der Waals surface area contributed by atoms with Crippen LogP contribution in [0.5, 0.6) is 0 Å². The largest absolute Gasteiger partial charge is 0.389 e. The first-order chi connectivity index (χ1) is 11.4. The molecule has 2 N–H and O–H groups in total. The zero-order chi connectivity index (χ0) is 17.6. The van der Waals surface area contributed by atoms with Gasteiger partial charge >= 0.3 is 0 Å². The van der Waals surface area contributed by atoms with Crippen molar-refractivity contribution in [3.63, 3.8) is 0 Å². The van der Waals surface area contributed by atoms with Gasteiger partial charge in [0.25, 0.3) is 0 Å². The number of hydrogen-bond acceptors (Lipinski definition) is 4. The minimum absolute atomic E-state index is 0.0892. The maximum atomic E-state index is 12.9. The third-order valence-corrected chi connectivity index (χ3v) is 4.79. The van der Waals surface area contributed by atoms with Crippen LogP contribution in [0.1, 0.15) is 26.7 Å². The highest BCUT2D eigenvalue weighted by Gasteiger charge is 2.28. The zero-order valence-corrected chi connectivity index (χ0v) is 14.6. The number of rotatable bonds is 7. The Morgan fingerprint density at radius 2 is 1.67 bits per heavy atom. The number of aliphatic hydroxyl groups is 1. The van der Waals surface area contributed by atoms with Crippen molar-refractivity contribution in [3.05, 3.63) is 30.1 Å². The fourth-order valence-corrected chi connectivity index (χ4v) is 2.93. The van der Waals surface area contributed by atoms with Crippen LogP contribution in [-0.2, 0) is 4.79 Å². The SMILES string of the molecule is CCC(O)(CC)CN1CCN(CC(=O)Nc2ccc(F)cc2)CC1. The number of carbonyl (C=O) groups is 1. The van der Waals surface area contributed by atoms with Gasteiger partial charge in [-0.25, -0.2) is 4.39 Å². The summed E-state index contributed by atoms with van der Waals surface area (Å²) in [6.07, 6.45) is 1.51. The van der Waals surface area contributed by atoms with E-state index in [-0.39, 0.29) is 11.7 Å². The molecule has 24 heavy (non-hydrogen) atoms. The summed E-state index contributed by atoms with van der Waals surface area (Å²) in [6, 6.07) is 5.77. The van der Waals surface area contributed by atoms with E-state index in [1.807, 2.05) is 13.8 Å². The molecule has 1 aromatic rings. The molecule has 1 aliphatic rings. The fraction of sp³-hybridized carbons (Fsp3) is 0.611. The van der Waals surface area contributed by atoms with E-state index in [1.165, 1.54) is 12.1 Å². The van der Waals surface area contributed by atoms with Gasteiger partial charge in [-0.05, 0) is 37.1 Å². The first-order valence-electron chi connectivity index (χ1n) is 8.66. The van der Waals surface area contributed by atoms with E-state index in [1.54, 1.807) is 12.1 Å². The summed E-state index contributed by atoms with van der Waals surface area (Å²) >= 11 is 0. The van der Waals surface area contributed by atoms with Gasteiger partial charge in [-0.2, -0.15) is 0 Å². The molecule has 0 aliphatic carbocycles. The molecule has 1 fully saturated rings. The number of carbonyl (C=O) groups excluding carboxylic acids is 1. The Hall–Kier alpha value is -1.50. The molecule has 0 radical (unpaired) electrons. The number of halogens is 1. The number of benzene rings is 1. The minimum Gasteiger partial charge on any atom is -0.389 e. The highest BCUT2D eigenvalue weighted by atomic mass is 19.1. The standard InChI is InChI=1S/C18H28FN3O2/c1-3-18(24,4-2)14-22-11-9-21(10-12-22)13-17(23)20-16-7-5-15(19)6-8-16/h5-8,24H,3-4,9-14H2,1-2H3,(H,20,23).